The van der Waals surface area contributed by atoms with E-state index >= 15 is 0 Å². The smallest absolute Gasteiger partial charge is 0.197 e. The van der Waals surface area contributed by atoms with Crippen LogP contribution in [-0.2, 0) is 0 Å². The third kappa shape index (κ3) is 0.966. The van der Waals surface area contributed by atoms with Gasteiger partial charge in [-0.2, -0.15) is 0 Å². The number of thiophene rings is 1. The molecule has 0 amide bonds. The van der Waals surface area contributed by atoms with Crippen LogP contribution in [0.3, 0.4) is 0 Å². The Bertz CT molecular complexity index is 586. The average Bonchev–Trinajstić information content (AvgIpc) is 2.70. The lowest BCUT2D eigenvalue weighted by molar-refractivity contribution is 0.104. The van der Waals surface area contributed by atoms with E-state index in [4.69, 9.17) is 11.5 Å². The standard InChI is InChI=1S/C11H8N2OS/c12-5-1-2-6-7(3-5)10(14)9-8(6)4-15-11(9)13/h1-4H,12-13H2. The van der Waals surface area contributed by atoms with Gasteiger partial charge in [0.2, 0.25) is 0 Å². The third-order valence-electron chi connectivity index (χ3n) is 2.62. The third-order valence-corrected chi connectivity index (χ3v) is 3.44. The monoisotopic (exact) mass is 216 g/mol. The predicted octanol–water partition coefficient (Wildman–Crippen LogP) is 2.12. The molecule has 1 aromatic carbocycles. The van der Waals surface area contributed by atoms with Crippen LogP contribution in [0.2, 0.25) is 0 Å². The second-order valence-corrected chi connectivity index (χ2v) is 4.43. The maximum atomic E-state index is 12.0. The van der Waals surface area contributed by atoms with E-state index in [0.29, 0.717) is 21.8 Å². The van der Waals surface area contributed by atoms with Gasteiger partial charge in [-0.05, 0) is 17.7 Å². The Kier molecular flexibility index (Phi) is 1.48. The number of nitrogens with two attached hydrogens (primary N) is 2. The molecule has 1 aliphatic rings. The highest BCUT2D eigenvalue weighted by molar-refractivity contribution is 7.15. The van der Waals surface area contributed by atoms with Crippen LogP contribution in [0.4, 0.5) is 10.7 Å². The Morgan fingerprint density at radius 3 is 2.67 bits per heavy atom. The van der Waals surface area contributed by atoms with Crippen LogP contribution in [0.25, 0.3) is 11.1 Å². The number of nitrogen functional groups attached to an aromatic ring is 2. The molecule has 0 aliphatic heterocycles. The average molecular weight is 216 g/mol. The summed E-state index contributed by atoms with van der Waals surface area (Å²) in [5.41, 5.74) is 15.2. The Labute approximate surface area is 90.3 Å². The van der Waals surface area contributed by atoms with Crippen LogP contribution in [0.1, 0.15) is 15.9 Å². The molecule has 0 saturated carbocycles. The summed E-state index contributed by atoms with van der Waals surface area (Å²) in [6.45, 7) is 0. The van der Waals surface area contributed by atoms with Crippen LogP contribution in [0.15, 0.2) is 23.6 Å². The van der Waals surface area contributed by atoms with Gasteiger partial charge in [0.1, 0.15) is 0 Å². The molecular formula is C11H8N2OS. The van der Waals surface area contributed by atoms with E-state index in [9.17, 15) is 4.79 Å². The molecule has 0 radical (unpaired) electrons. The molecule has 1 aliphatic carbocycles. The molecule has 0 fully saturated rings. The number of fused-ring (bicyclic) bond motifs is 3. The van der Waals surface area contributed by atoms with Gasteiger partial charge in [0.05, 0.1) is 10.6 Å². The number of rotatable bonds is 0. The van der Waals surface area contributed by atoms with Crippen molar-refractivity contribution in [2.75, 3.05) is 11.5 Å². The first-order valence-corrected chi connectivity index (χ1v) is 5.38. The van der Waals surface area contributed by atoms with Crippen molar-refractivity contribution in [2.45, 2.75) is 0 Å². The van der Waals surface area contributed by atoms with Gasteiger partial charge in [-0.25, -0.2) is 0 Å². The summed E-state index contributed by atoms with van der Waals surface area (Å²) in [6.07, 6.45) is 0. The number of ketones is 1. The highest BCUT2D eigenvalue weighted by atomic mass is 32.1. The minimum Gasteiger partial charge on any atom is -0.399 e. The number of benzene rings is 1. The molecule has 74 valence electrons. The van der Waals surface area contributed by atoms with Gasteiger partial charge in [-0.3, -0.25) is 4.79 Å². The minimum atomic E-state index is -0.00829. The molecule has 3 rings (SSSR count). The maximum absolute atomic E-state index is 12.0. The Balaban J connectivity index is 2.38. The van der Waals surface area contributed by atoms with Gasteiger partial charge in [0.15, 0.2) is 5.78 Å². The van der Waals surface area contributed by atoms with Crippen molar-refractivity contribution in [3.05, 3.63) is 34.7 Å². The molecule has 4 heteroatoms. The van der Waals surface area contributed by atoms with E-state index in [1.54, 1.807) is 12.1 Å². The fraction of sp³-hybridized carbons (Fsp3) is 0. The Morgan fingerprint density at radius 1 is 1.07 bits per heavy atom. The largest absolute Gasteiger partial charge is 0.399 e. The van der Waals surface area contributed by atoms with Crippen LogP contribution in [0.5, 0.6) is 0 Å². The number of hydrogen-bond donors (Lipinski definition) is 2. The molecule has 4 N–H and O–H groups in total. The van der Waals surface area contributed by atoms with Crippen LogP contribution in [-0.4, -0.2) is 5.78 Å². The molecule has 0 atom stereocenters. The zero-order valence-corrected chi connectivity index (χ0v) is 8.60. The highest BCUT2D eigenvalue weighted by Gasteiger charge is 2.29. The predicted molar refractivity (Wildman–Crippen MR) is 62.0 cm³/mol. The van der Waals surface area contributed by atoms with E-state index in [2.05, 4.69) is 0 Å². The van der Waals surface area contributed by atoms with Gasteiger partial charge in [-0.15, -0.1) is 11.3 Å². The van der Waals surface area contributed by atoms with E-state index in [1.165, 1.54) is 11.3 Å². The zero-order valence-electron chi connectivity index (χ0n) is 7.78. The normalized spacial score (nSPS) is 12.7. The molecule has 0 bridgehead atoms. The van der Waals surface area contributed by atoms with Crippen molar-refractivity contribution in [3.8, 4) is 11.1 Å². The van der Waals surface area contributed by atoms with Gasteiger partial charge < -0.3 is 11.5 Å². The van der Waals surface area contributed by atoms with Crippen molar-refractivity contribution in [2.24, 2.45) is 0 Å². The number of carbonyl (C=O) groups excluding carboxylic acids is 1. The highest BCUT2D eigenvalue weighted by Crippen LogP contribution is 2.43. The quantitative estimate of drug-likeness (QED) is 0.565. The van der Waals surface area contributed by atoms with Gasteiger partial charge >= 0.3 is 0 Å². The van der Waals surface area contributed by atoms with E-state index in [-0.39, 0.29) is 5.78 Å². The first-order valence-electron chi connectivity index (χ1n) is 4.50. The molecule has 1 heterocycles. The summed E-state index contributed by atoms with van der Waals surface area (Å²) in [4.78, 5) is 12.0. The zero-order chi connectivity index (χ0) is 10.6. The number of carbonyl (C=O) groups is 1. The molecule has 3 nitrogen and oxygen atoms in total. The van der Waals surface area contributed by atoms with Crippen molar-refractivity contribution in [1.29, 1.82) is 0 Å². The van der Waals surface area contributed by atoms with Gasteiger partial charge in [0, 0.05) is 22.2 Å². The fourth-order valence-corrected chi connectivity index (χ4v) is 2.73. The lowest BCUT2D eigenvalue weighted by Gasteiger charge is -1.99. The molecule has 0 spiro atoms. The Hall–Kier alpha value is -1.81. The summed E-state index contributed by atoms with van der Waals surface area (Å²) < 4.78 is 0. The van der Waals surface area contributed by atoms with Crippen molar-refractivity contribution in [1.82, 2.24) is 0 Å². The summed E-state index contributed by atoms with van der Waals surface area (Å²) in [5, 5.41) is 2.51. The topological polar surface area (TPSA) is 69.1 Å². The summed E-state index contributed by atoms with van der Waals surface area (Å²) in [5.74, 6) is -0.00829. The van der Waals surface area contributed by atoms with Crippen LogP contribution >= 0.6 is 11.3 Å². The maximum Gasteiger partial charge on any atom is 0.197 e. The molecule has 0 unspecified atom stereocenters. The first kappa shape index (κ1) is 8.49. The van der Waals surface area contributed by atoms with Gasteiger partial charge in [-0.1, -0.05) is 6.07 Å². The van der Waals surface area contributed by atoms with Gasteiger partial charge in [0.25, 0.3) is 0 Å². The minimum absolute atomic E-state index is 0.00829. The lowest BCUT2D eigenvalue weighted by Crippen LogP contribution is -1.98. The lowest BCUT2D eigenvalue weighted by atomic mass is 10.1. The number of hydrogen-bond acceptors (Lipinski definition) is 4. The summed E-state index contributed by atoms with van der Waals surface area (Å²) >= 11 is 1.40. The SMILES string of the molecule is Nc1ccc2c(c1)C(=O)c1c-2csc1N. The molecule has 2 aromatic rings. The van der Waals surface area contributed by atoms with Crippen molar-refractivity contribution < 1.29 is 4.79 Å². The van der Waals surface area contributed by atoms with Crippen LogP contribution in [0, 0.1) is 0 Å². The summed E-state index contributed by atoms with van der Waals surface area (Å²) in [7, 11) is 0. The first-order chi connectivity index (χ1) is 7.18. The molecular weight excluding hydrogens is 208 g/mol. The van der Waals surface area contributed by atoms with Crippen molar-refractivity contribution in [3.63, 3.8) is 0 Å². The van der Waals surface area contributed by atoms with Crippen LogP contribution < -0.4 is 11.5 Å². The molecule has 15 heavy (non-hydrogen) atoms. The molecule has 1 aromatic heterocycles. The summed E-state index contributed by atoms with van der Waals surface area (Å²) in [6, 6.07) is 5.39. The van der Waals surface area contributed by atoms with E-state index in [0.717, 1.165) is 11.1 Å². The second kappa shape index (κ2) is 2.61. The number of anilines is 2. The second-order valence-electron chi connectivity index (χ2n) is 3.52. The van der Waals surface area contributed by atoms with Crippen molar-refractivity contribution >= 4 is 27.8 Å². The Morgan fingerprint density at radius 2 is 1.87 bits per heavy atom. The van der Waals surface area contributed by atoms with E-state index < -0.39 is 0 Å². The van der Waals surface area contributed by atoms with E-state index in [1.807, 2.05) is 11.4 Å². The fourth-order valence-electron chi connectivity index (χ4n) is 1.92. The molecule has 0 saturated heterocycles.